The number of nitrogens with one attached hydrogen (secondary N) is 1. The fourth-order valence-electron chi connectivity index (χ4n) is 3.41. The first-order valence-electron chi connectivity index (χ1n) is 10.2. The van der Waals surface area contributed by atoms with Crippen molar-refractivity contribution in [2.24, 2.45) is 0 Å². The maximum atomic E-state index is 12.1. The summed E-state index contributed by atoms with van der Waals surface area (Å²) in [7, 11) is 0. The molecule has 5 nitrogen and oxygen atoms in total. The fourth-order valence-corrected chi connectivity index (χ4v) is 3.41. The molecule has 2 heterocycles. The van der Waals surface area contributed by atoms with E-state index in [9.17, 15) is 4.79 Å². The van der Waals surface area contributed by atoms with Crippen LogP contribution in [0.1, 0.15) is 28.3 Å². The molecule has 1 amide bonds. The van der Waals surface area contributed by atoms with Crippen LogP contribution < -0.4 is 5.32 Å². The predicted molar refractivity (Wildman–Crippen MR) is 120 cm³/mol. The van der Waals surface area contributed by atoms with E-state index in [1.54, 1.807) is 18.3 Å². The zero-order chi connectivity index (χ0) is 20.6. The molecule has 2 aromatic carbocycles. The van der Waals surface area contributed by atoms with Crippen molar-refractivity contribution < 1.29 is 4.79 Å². The molecule has 5 heteroatoms. The number of benzene rings is 2. The Morgan fingerprint density at radius 1 is 0.967 bits per heavy atom. The molecule has 4 rings (SSSR count). The van der Waals surface area contributed by atoms with Crippen LogP contribution in [0.3, 0.4) is 0 Å². The number of nitrogens with zero attached hydrogens (tertiary/aromatic N) is 3. The van der Waals surface area contributed by atoms with E-state index < -0.39 is 0 Å². The summed E-state index contributed by atoms with van der Waals surface area (Å²) in [6.07, 6.45) is 7.52. The van der Waals surface area contributed by atoms with E-state index in [4.69, 9.17) is 4.98 Å². The van der Waals surface area contributed by atoms with E-state index in [1.165, 1.54) is 5.56 Å². The third-order valence-electron chi connectivity index (χ3n) is 4.89. The Hall–Kier alpha value is -3.73. The molecule has 0 aliphatic rings. The van der Waals surface area contributed by atoms with Gasteiger partial charge < -0.3 is 9.88 Å². The molecule has 150 valence electrons. The summed E-state index contributed by atoms with van der Waals surface area (Å²) in [5, 5.41) is 2.93. The third kappa shape index (κ3) is 4.81. The van der Waals surface area contributed by atoms with E-state index >= 15 is 0 Å². The van der Waals surface area contributed by atoms with Gasteiger partial charge >= 0.3 is 0 Å². The van der Waals surface area contributed by atoms with Crippen LogP contribution in [0.2, 0.25) is 0 Å². The van der Waals surface area contributed by atoms with Crippen molar-refractivity contribution in [1.82, 2.24) is 19.9 Å². The molecule has 0 radical (unpaired) electrons. The highest BCUT2D eigenvalue weighted by atomic mass is 16.1. The first-order valence-corrected chi connectivity index (χ1v) is 10.2. The zero-order valence-electron chi connectivity index (χ0n) is 16.7. The molecular weight excluding hydrogens is 372 g/mol. The van der Waals surface area contributed by atoms with Crippen molar-refractivity contribution in [1.29, 1.82) is 0 Å². The van der Waals surface area contributed by atoms with Gasteiger partial charge in [0.05, 0.1) is 11.0 Å². The van der Waals surface area contributed by atoms with Crippen molar-refractivity contribution in [2.75, 3.05) is 6.54 Å². The smallest absolute Gasteiger partial charge is 0.269 e. The number of carbonyl (C=O) groups excluding carboxylic acids is 1. The predicted octanol–water partition coefficient (Wildman–Crippen LogP) is 4.51. The number of imidazole rings is 1. The lowest BCUT2D eigenvalue weighted by molar-refractivity contribution is 0.0948. The number of hydrogen-bond donors (Lipinski definition) is 1. The molecule has 0 bridgehead atoms. The highest BCUT2D eigenvalue weighted by Crippen LogP contribution is 2.17. The fraction of sp³-hybridized carbons (Fsp3) is 0.160. The minimum atomic E-state index is -0.144. The van der Waals surface area contributed by atoms with Crippen molar-refractivity contribution >= 4 is 23.0 Å². The van der Waals surface area contributed by atoms with Gasteiger partial charge in [0.15, 0.2) is 0 Å². The van der Waals surface area contributed by atoms with Gasteiger partial charge in [0.2, 0.25) is 0 Å². The average molecular weight is 396 g/mol. The molecule has 30 heavy (non-hydrogen) atoms. The summed E-state index contributed by atoms with van der Waals surface area (Å²) in [5.74, 6) is 0.885. The number of allylic oxidation sites excluding steroid dienone is 1. The van der Waals surface area contributed by atoms with Crippen LogP contribution in [0, 0.1) is 0 Å². The maximum absolute atomic E-state index is 12.1. The average Bonchev–Trinajstić information content (AvgIpc) is 3.15. The highest BCUT2D eigenvalue weighted by Gasteiger charge is 2.10. The number of carbonyl (C=O) groups is 1. The number of aromatic nitrogens is 3. The lowest BCUT2D eigenvalue weighted by atomic mass is 10.2. The van der Waals surface area contributed by atoms with Gasteiger partial charge in [-0.1, -0.05) is 60.7 Å². The quantitative estimate of drug-likeness (QED) is 0.446. The second-order valence-corrected chi connectivity index (χ2v) is 7.01. The monoisotopic (exact) mass is 396 g/mol. The number of rotatable bonds is 8. The molecule has 2 aromatic heterocycles. The first kappa shape index (κ1) is 19.6. The van der Waals surface area contributed by atoms with E-state index in [1.807, 2.05) is 42.5 Å². The number of fused-ring (bicyclic) bond motifs is 1. The Kier molecular flexibility index (Phi) is 6.30. The number of aryl methyl sites for hydroxylation is 1. The Labute approximate surface area is 176 Å². The minimum Gasteiger partial charge on any atom is -0.351 e. The topological polar surface area (TPSA) is 59.8 Å². The molecule has 1 N–H and O–H groups in total. The summed E-state index contributed by atoms with van der Waals surface area (Å²) < 4.78 is 2.25. The molecule has 0 fully saturated rings. The Morgan fingerprint density at radius 2 is 1.77 bits per heavy atom. The van der Waals surface area contributed by atoms with Gasteiger partial charge in [0, 0.05) is 25.7 Å². The molecule has 0 saturated carbocycles. The van der Waals surface area contributed by atoms with Crippen molar-refractivity contribution in [3.8, 4) is 0 Å². The van der Waals surface area contributed by atoms with E-state index in [0.29, 0.717) is 12.2 Å². The lowest BCUT2D eigenvalue weighted by Gasteiger charge is -2.08. The second-order valence-electron chi connectivity index (χ2n) is 7.01. The molecule has 0 atom stereocenters. The van der Waals surface area contributed by atoms with Crippen LogP contribution in [0.5, 0.6) is 0 Å². The van der Waals surface area contributed by atoms with Gasteiger partial charge in [-0.3, -0.25) is 9.78 Å². The highest BCUT2D eigenvalue weighted by molar-refractivity contribution is 5.92. The van der Waals surface area contributed by atoms with Gasteiger partial charge in [-0.2, -0.15) is 0 Å². The Bertz CT molecular complexity index is 1130. The Balaban J connectivity index is 1.41. The van der Waals surface area contributed by atoms with E-state index in [2.05, 4.69) is 45.2 Å². The van der Waals surface area contributed by atoms with Gasteiger partial charge in [-0.15, -0.1) is 0 Å². The van der Waals surface area contributed by atoms with Crippen LogP contribution in [-0.4, -0.2) is 27.0 Å². The van der Waals surface area contributed by atoms with Gasteiger partial charge in [-0.25, -0.2) is 4.98 Å². The number of hydrogen-bond acceptors (Lipinski definition) is 3. The van der Waals surface area contributed by atoms with Crippen molar-refractivity contribution in [3.05, 3.63) is 102 Å². The summed E-state index contributed by atoms with van der Waals surface area (Å²) in [4.78, 5) is 21.0. The van der Waals surface area contributed by atoms with Crippen LogP contribution in [-0.2, 0) is 13.0 Å². The SMILES string of the molecule is O=C(NCCCc1nc2ccccc2n1C/C=C/c1ccccc1)c1ccccn1. The molecular formula is C25H24N4O. The minimum absolute atomic E-state index is 0.144. The van der Waals surface area contributed by atoms with E-state index in [0.717, 1.165) is 36.2 Å². The summed E-state index contributed by atoms with van der Waals surface area (Å²) >= 11 is 0. The lowest BCUT2D eigenvalue weighted by Crippen LogP contribution is -2.25. The van der Waals surface area contributed by atoms with Crippen LogP contribution in [0.15, 0.2) is 85.1 Å². The zero-order valence-corrected chi connectivity index (χ0v) is 16.7. The van der Waals surface area contributed by atoms with Crippen molar-refractivity contribution in [2.45, 2.75) is 19.4 Å². The number of pyridine rings is 1. The van der Waals surface area contributed by atoms with Gasteiger partial charge in [0.25, 0.3) is 5.91 Å². The first-order chi connectivity index (χ1) is 14.8. The normalized spacial score (nSPS) is 11.2. The van der Waals surface area contributed by atoms with Gasteiger partial charge in [-0.05, 0) is 36.2 Å². The molecule has 0 spiro atoms. The maximum Gasteiger partial charge on any atom is 0.269 e. The Morgan fingerprint density at radius 3 is 2.60 bits per heavy atom. The van der Waals surface area contributed by atoms with Crippen molar-refractivity contribution in [3.63, 3.8) is 0 Å². The molecule has 0 aliphatic carbocycles. The summed E-state index contributed by atoms with van der Waals surface area (Å²) in [6.45, 7) is 1.34. The standard InChI is InChI=1S/C25H24N4O/c30-25(22-14-6-7-17-26-22)27-18-8-16-24-28-21-13-4-5-15-23(21)29(24)19-9-12-20-10-2-1-3-11-20/h1-7,9-15,17H,8,16,18-19H2,(H,27,30)/b12-9+. The van der Waals surface area contributed by atoms with Crippen LogP contribution in [0.4, 0.5) is 0 Å². The number of para-hydroxylation sites is 2. The van der Waals surface area contributed by atoms with E-state index in [-0.39, 0.29) is 5.91 Å². The summed E-state index contributed by atoms with van der Waals surface area (Å²) in [6, 6.07) is 23.8. The molecule has 0 unspecified atom stereocenters. The molecule has 4 aromatic rings. The van der Waals surface area contributed by atoms with Crippen LogP contribution in [0.25, 0.3) is 17.1 Å². The largest absolute Gasteiger partial charge is 0.351 e. The molecule has 0 aliphatic heterocycles. The number of amides is 1. The van der Waals surface area contributed by atoms with Gasteiger partial charge in [0.1, 0.15) is 11.5 Å². The third-order valence-corrected chi connectivity index (χ3v) is 4.89. The summed E-state index contributed by atoms with van der Waals surface area (Å²) in [5.41, 5.74) is 3.75. The molecule has 0 saturated heterocycles. The second kappa shape index (κ2) is 9.65. The van der Waals surface area contributed by atoms with Crippen LogP contribution >= 0.6 is 0 Å².